The Balaban J connectivity index is 2.26. The average molecular weight is 247 g/mol. The SMILES string of the molecule is CNc1cc(Cc2nccn2C)nc(COC)n1. The molecule has 18 heavy (non-hydrogen) atoms. The molecule has 2 aromatic heterocycles. The molecule has 0 saturated carbocycles. The predicted molar refractivity (Wildman–Crippen MR) is 68.3 cm³/mol. The lowest BCUT2D eigenvalue weighted by molar-refractivity contribution is 0.177. The number of anilines is 1. The Bertz CT molecular complexity index is 523. The second-order valence-corrected chi connectivity index (χ2v) is 3.97. The van der Waals surface area contributed by atoms with E-state index < -0.39 is 0 Å². The minimum Gasteiger partial charge on any atom is -0.377 e. The van der Waals surface area contributed by atoms with Crippen molar-refractivity contribution >= 4 is 5.82 Å². The van der Waals surface area contributed by atoms with Crippen LogP contribution in [0.15, 0.2) is 18.5 Å². The summed E-state index contributed by atoms with van der Waals surface area (Å²) >= 11 is 0. The molecule has 0 aliphatic carbocycles. The molecular formula is C12H17N5O. The summed E-state index contributed by atoms with van der Waals surface area (Å²) in [6.07, 6.45) is 4.38. The van der Waals surface area contributed by atoms with E-state index in [0.29, 0.717) is 18.9 Å². The molecule has 0 fully saturated rings. The van der Waals surface area contributed by atoms with Crippen molar-refractivity contribution in [2.45, 2.75) is 13.0 Å². The maximum Gasteiger partial charge on any atom is 0.156 e. The highest BCUT2D eigenvalue weighted by molar-refractivity contribution is 5.35. The molecule has 0 aromatic carbocycles. The third kappa shape index (κ3) is 2.84. The molecule has 0 aliphatic heterocycles. The number of aromatic nitrogens is 4. The van der Waals surface area contributed by atoms with Crippen LogP contribution in [0, 0.1) is 0 Å². The number of nitrogens with one attached hydrogen (secondary N) is 1. The summed E-state index contributed by atoms with van der Waals surface area (Å²) in [5.74, 6) is 2.44. The molecular weight excluding hydrogens is 230 g/mol. The molecule has 0 bridgehead atoms. The minimum absolute atomic E-state index is 0.406. The Labute approximate surface area is 106 Å². The number of imidazole rings is 1. The van der Waals surface area contributed by atoms with E-state index >= 15 is 0 Å². The zero-order valence-corrected chi connectivity index (χ0v) is 10.8. The van der Waals surface area contributed by atoms with E-state index in [2.05, 4.69) is 20.3 Å². The molecule has 6 heteroatoms. The normalized spacial score (nSPS) is 10.6. The molecule has 0 amide bonds. The maximum atomic E-state index is 5.07. The summed E-state index contributed by atoms with van der Waals surface area (Å²) in [4.78, 5) is 13.1. The molecule has 6 nitrogen and oxygen atoms in total. The van der Waals surface area contributed by atoms with Crippen LogP contribution in [0.2, 0.25) is 0 Å². The number of methoxy groups -OCH3 is 1. The molecule has 0 saturated heterocycles. The van der Waals surface area contributed by atoms with Gasteiger partial charge in [-0.05, 0) is 0 Å². The van der Waals surface area contributed by atoms with E-state index in [9.17, 15) is 0 Å². The fraction of sp³-hybridized carbons (Fsp3) is 0.417. The fourth-order valence-electron chi connectivity index (χ4n) is 1.69. The summed E-state index contributed by atoms with van der Waals surface area (Å²) < 4.78 is 7.05. The number of rotatable bonds is 5. The van der Waals surface area contributed by atoms with Crippen molar-refractivity contribution in [1.29, 1.82) is 0 Å². The molecule has 2 aromatic rings. The smallest absolute Gasteiger partial charge is 0.156 e. The van der Waals surface area contributed by atoms with Gasteiger partial charge in [0.25, 0.3) is 0 Å². The van der Waals surface area contributed by atoms with Gasteiger partial charge in [-0.15, -0.1) is 0 Å². The van der Waals surface area contributed by atoms with Crippen LogP contribution < -0.4 is 5.32 Å². The Morgan fingerprint density at radius 2 is 2.22 bits per heavy atom. The van der Waals surface area contributed by atoms with E-state index in [1.165, 1.54) is 0 Å². The van der Waals surface area contributed by atoms with Crippen molar-refractivity contribution in [3.05, 3.63) is 35.8 Å². The molecule has 96 valence electrons. The minimum atomic E-state index is 0.406. The number of hydrogen-bond acceptors (Lipinski definition) is 5. The third-order valence-electron chi connectivity index (χ3n) is 2.62. The lowest BCUT2D eigenvalue weighted by atomic mass is 10.2. The first-order valence-corrected chi connectivity index (χ1v) is 5.72. The van der Waals surface area contributed by atoms with Crippen LogP contribution in [0.5, 0.6) is 0 Å². The quantitative estimate of drug-likeness (QED) is 0.853. The lowest BCUT2D eigenvalue weighted by Crippen LogP contribution is -2.07. The van der Waals surface area contributed by atoms with Gasteiger partial charge in [0, 0.05) is 46.1 Å². The molecule has 0 unspecified atom stereocenters. The summed E-state index contributed by atoms with van der Waals surface area (Å²) in [5, 5.41) is 3.03. The van der Waals surface area contributed by atoms with Gasteiger partial charge in [-0.3, -0.25) is 0 Å². The van der Waals surface area contributed by atoms with E-state index in [4.69, 9.17) is 4.74 Å². The van der Waals surface area contributed by atoms with Crippen molar-refractivity contribution in [1.82, 2.24) is 19.5 Å². The van der Waals surface area contributed by atoms with E-state index in [-0.39, 0.29) is 0 Å². The van der Waals surface area contributed by atoms with Gasteiger partial charge < -0.3 is 14.6 Å². The van der Waals surface area contributed by atoms with Crippen LogP contribution in [-0.4, -0.2) is 33.7 Å². The van der Waals surface area contributed by atoms with Gasteiger partial charge in [-0.25, -0.2) is 15.0 Å². The molecule has 2 heterocycles. The van der Waals surface area contributed by atoms with Crippen molar-refractivity contribution in [3.8, 4) is 0 Å². The molecule has 2 rings (SSSR count). The maximum absolute atomic E-state index is 5.07. The third-order valence-corrected chi connectivity index (χ3v) is 2.62. The standard InChI is InChI=1S/C12H17N5O/c1-13-10-6-9(15-11(16-10)8-18-3)7-12-14-4-5-17(12)2/h4-6H,7-8H2,1-3H3,(H,13,15,16). The van der Waals surface area contributed by atoms with Gasteiger partial charge in [0.2, 0.25) is 0 Å². The lowest BCUT2D eigenvalue weighted by Gasteiger charge is -2.07. The van der Waals surface area contributed by atoms with Gasteiger partial charge in [-0.2, -0.15) is 0 Å². The van der Waals surface area contributed by atoms with Crippen molar-refractivity contribution in [2.24, 2.45) is 7.05 Å². The van der Waals surface area contributed by atoms with Crippen molar-refractivity contribution in [2.75, 3.05) is 19.5 Å². The van der Waals surface area contributed by atoms with Crippen LogP contribution in [0.1, 0.15) is 17.3 Å². The van der Waals surface area contributed by atoms with E-state index in [0.717, 1.165) is 17.3 Å². The Kier molecular flexibility index (Phi) is 3.88. The van der Waals surface area contributed by atoms with Gasteiger partial charge in [0.15, 0.2) is 5.82 Å². The fourth-order valence-corrected chi connectivity index (χ4v) is 1.69. The van der Waals surface area contributed by atoms with Crippen molar-refractivity contribution in [3.63, 3.8) is 0 Å². The van der Waals surface area contributed by atoms with Gasteiger partial charge in [0.05, 0.1) is 5.69 Å². The van der Waals surface area contributed by atoms with Crippen LogP contribution in [0.25, 0.3) is 0 Å². The Hall–Kier alpha value is -1.95. The van der Waals surface area contributed by atoms with E-state index in [1.54, 1.807) is 13.3 Å². The van der Waals surface area contributed by atoms with Crippen LogP contribution in [0.3, 0.4) is 0 Å². The highest BCUT2D eigenvalue weighted by Crippen LogP contribution is 2.10. The van der Waals surface area contributed by atoms with E-state index in [1.807, 2.05) is 30.9 Å². The van der Waals surface area contributed by atoms with Crippen LogP contribution in [-0.2, 0) is 24.8 Å². The highest BCUT2D eigenvalue weighted by Gasteiger charge is 2.07. The number of hydrogen-bond donors (Lipinski definition) is 1. The number of ether oxygens (including phenoxy) is 1. The Morgan fingerprint density at radius 1 is 1.39 bits per heavy atom. The second kappa shape index (κ2) is 5.59. The zero-order valence-electron chi connectivity index (χ0n) is 10.8. The Morgan fingerprint density at radius 3 is 2.83 bits per heavy atom. The first-order chi connectivity index (χ1) is 8.72. The topological polar surface area (TPSA) is 64.9 Å². The summed E-state index contributed by atoms with van der Waals surface area (Å²) in [5.41, 5.74) is 0.927. The molecule has 0 radical (unpaired) electrons. The van der Waals surface area contributed by atoms with Gasteiger partial charge in [0.1, 0.15) is 18.2 Å². The van der Waals surface area contributed by atoms with Crippen LogP contribution in [0.4, 0.5) is 5.82 Å². The molecule has 1 N–H and O–H groups in total. The largest absolute Gasteiger partial charge is 0.377 e. The second-order valence-electron chi connectivity index (χ2n) is 3.97. The zero-order chi connectivity index (χ0) is 13.0. The molecule has 0 spiro atoms. The number of aryl methyl sites for hydroxylation is 1. The first-order valence-electron chi connectivity index (χ1n) is 5.72. The van der Waals surface area contributed by atoms with Gasteiger partial charge >= 0.3 is 0 Å². The summed E-state index contributed by atoms with van der Waals surface area (Å²) in [6, 6.07) is 1.92. The molecule has 0 atom stereocenters. The van der Waals surface area contributed by atoms with Crippen molar-refractivity contribution < 1.29 is 4.74 Å². The summed E-state index contributed by atoms with van der Waals surface area (Å²) in [7, 11) is 5.44. The predicted octanol–water partition coefficient (Wildman–Crippen LogP) is 0.989. The number of nitrogens with zero attached hydrogens (tertiary/aromatic N) is 4. The average Bonchev–Trinajstić information content (AvgIpc) is 2.75. The molecule has 0 aliphatic rings. The highest BCUT2D eigenvalue weighted by atomic mass is 16.5. The van der Waals surface area contributed by atoms with Gasteiger partial charge in [-0.1, -0.05) is 0 Å². The first kappa shape index (κ1) is 12.5. The monoisotopic (exact) mass is 247 g/mol. The summed E-state index contributed by atoms with van der Waals surface area (Å²) in [6.45, 7) is 0.406. The van der Waals surface area contributed by atoms with Crippen LogP contribution >= 0.6 is 0 Å².